The monoisotopic (exact) mass is 670 g/mol. The molecule has 1 aliphatic heterocycles. The second-order valence-electron chi connectivity index (χ2n) is 14.2. The summed E-state index contributed by atoms with van der Waals surface area (Å²) in [6.45, 7) is 16.6. The summed E-state index contributed by atoms with van der Waals surface area (Å²) in [5.41, 5.74) is 0. The van der Waals surface area contributed by atoms with Gasteiger partial charge < -0.3 is 19.7 Å². The number of esters is 2. The molecule has 9 heteroatoms. The van der Waals surface area contributed by atoms with E-state index in [0.29, 0.717) is 70.7 Å². The van der Waals surface area contributed by atoms with Gasteiger partial charge in [0.05, 0.1) is 12.2 Å². The molecule has 1 saturated heterocycles. The first-order chi connectivity index (χ1) is 22.7. The Balaban J connectivity index is 2.41. The van der Waals surface area contributed by atoms with Crippen LogP contribution in [0.3, 0.4) is 0 Å². The van der Waals surface area contributed by atoms with E-state index in [9.17, 15) is 19.8 Å². The normalized spacial score (nSPS) is 18.8. The summed E-state index contributed by atoms with van der Waals surface area (Å²) in [6, 6.07) is 0.668. The average Bonchev–Trinajstić information content (AvgIpc) is 3.02. The summed E-state index contributed by atoms with van der Waals surface area (Å²) in [5.74, 6) is -0.304. The Hall–Kier alpha value is -1.26. The van der Waals surface area contributed by atoms with Crippen LogP contribution in [0, 0.1) is 0 Å². The van der Waals surface area contributed by atoms with Gasteiger partial charge in [-0.2, -0.15) is 0 Å². The molecule has 0 aromatic rings. The van der Waals surface area contributed by atoms with Crippen molar-refractivity contribution in [3.63, 3.8) is 0 Å². The quantitative estimate of drug-likeness (QED) is 0.0649. The van der Waals surface area contributed by atoms with E-state index in [-0.39, 0.29) is 11.9 Å². The summed E-state index contributed by atoms with van der Waals surface area (Å²) in [4.78, 5) is 31.2. The average molecular weight is 670 g/mol. The van der Waals surface area contributed by atoms with Crippen molar-refractivity contribution in [3.05, 3.63) is 0 Å². The van der Waals surface area contributed by atoms with E-state index in [2.05, 4.69) is 42.4 Å². The number of hydrogen-bond acceptors (Lipinski definition) is 9. The molecule has 0 saturated carbocycles. The van der Waals surface area contributed by atoms with Gasteiger partial charge in [-0.15, -0.1) is 0 Å². The third kappa shape index (κ3) is 22.9. The highest BCUT2D eigenvalue weighted by molar-refractivity contribution is 5.69. The summed E-state index contributed by atoms with van der Waals surface area (Å²) < 4.78 is 11.0. The second-order valence-corrected chi connectivity index (χ2v) is 14.2. The summed E-state index contributed by atoms with van der Waals surface area (Å²) in [6.07, 6.45) is 17.5. The number of aliphatic hydroxyl groups is 2. The predicted octanol–water partition coefficient (Wildman–Crippen LogP) is 6.57. The fraction of sp³-hybridized carbons (Fsp3) is 0.947. The van der Waals surface area contributed by atoms with E-state index < -0.39 is 12.2 Å². The molecule has 0 amide bonds. The lowest BCUT2D eigenvalue weighted by molar-refractivity contribution is -0.146. The van der Waals surface area contributed by atoms with Crippen LogP contribution in [0.1, 0.15) is 150 Å². The van der Waals surface area contributed by atoms with E-state index >= 15 is 0 Å². The Morgan fingerprint density at radius 1 is 0.638 bits per heavy atom. The molecule has 4 unspecified atom stereocenters. The van der Waals surface area contributed by atoms with Gasteiger partial charge in [0.2, 0.25) is 0 Å². The zero-order valence-corrected chi connectivity index (χ0v) is 31.3. The number of nitrogens with zero attached hydrogens (tertiary/aromatic N) is 3. The molecule has 4 atom stereocenters. The molecule has 278 valence electrons. The molecule has 47 heavy (non-hydrogen) atoms. The fourth-order valence-corrected chi connectivity index (χ4v) is 6.60. The fourth-order valence-electron chi connectivity index (χ4n) is 6.60. The van der Waals surface area contributed by atoms with Crippen molar-refractivity contribution in [2.75, 3.05) is 59.0 Å². The van der Waals surface area contributed by atoms with Crippen molar-refractivity contribution in [2.45, 2.75) is 174 Å². The Labute approximate surface area is 289 Å². The number of hydrogen-bond donors (Lipinski definition) is 2. The van der Waals surface area contributed by atoms with Crippen molar-refractivity contribution in [3.8, 4) is 0 Å². The van der Waals surface area contributed by atoms with Crippen molar-refractivity contribution < 1.29 is 29.3 Å². The maximum atomic E-state index is 12.6. The van der Waals surface area contributed by atoms with Gasteiger partial charge in [0, 0.05) is 64.2 Å². The van der Waals surface area contributed by atoms with Gasteiger partial charge in [-0.05, 0) is 46.1 Å². The lowest BCUT2D eigenvalue weighted by Crippen LogP contribution is -2.57. The van der Waals surface area contributed by atoms with Crippen molar-refractivity contribution in [1.82, 2.24) is 14.7 Å². The summed E-state index contributed by atoms with van der Waals surface area (Å²) in [7, 11) is 0. The van der Waals surface area contributed by atoms with Crippen LogP contribution in [-0.2, 0) is 19.1 Å². The van der Waals surface area contributed by atoms with Crippen LogP contribution in [0.5, 0.6) is 0 Å². The van der Waals surface area contributed by atoms with E-state index in [0.717, 1.165) is 64.6 Å². The molecular formula is C38H75N3O6. The number of piperazine rings is 1. The molecule has 0 spiro atoms. The molecular weight excluding hydrogens is 594 g/mol. The first-order valence-corrected chi connectivity index (χ1v) is 19.6. The molecule has 9 nitrogen and oxygen atoms in total. The largest absolute Gasteiger partial charge is 0.464 e. The van der Waals surface area contributed by atoms with Crippen molar-refractivity contribution >= 4 is 11.9 Å². The van der Waals surface area contributed by atoms with E-state index in [4.69, 9.17) is 9.47 Å². The van der Waals surface area contributed by atoms with E-state index in [1.165, 1.54) is 51.4 Å². The summed E-state index contributed by atoms with van der Waals surface area (Å²) >= 11 is 0. The second kappa shape index (κ2) is 28.6. The molecule has 1 heterocycles. The van der Waals surface area contributed by atoms with Crippen LogP contribution in [0.15, 0.2) is 0 Å². The molecule has 0 radical (unpaired) electrons. The van der Waals surface area contributed by atoms with E-state index in [1.807, 2.05) is 6.92 Å². The first kappa shape index (κ1) is 43.8. The highest BCUT2D eigenvalue weighted by atomic mass is 16.5. The standard InChI is InChI=1S/C38H75N3O6/c1-6-9-11-13-15-17-21-35(42)31-39(32-36(43)22-18-16-14-12-10-7-2)24-19-23-38(45)47-28-26-41-30-33(4)40(29-34(41)5)25-27-46-37(44)20-8-3/h33-36,42-43H,6-32H2,1-5H3. The highest BCUT2D eigenvalue weighted by Crippen LogP contribution is 2.16. The summed E-state index contributed by atoms with van der Waals surface area (Å²) in [5, 5.41) is 21.6. The molecule has 1 rings (SSSR count). The highest BCUT2D eigenvalue weighted by Gasteiger charge is 2.29. The number of carbonyl (C=O) groups excluding carboxylic acids is 2. The smallest absolute Gasteiger partial charge is 0.305 e. The number of aliphatic hydroxyl groups excluding tert-OH is 2. The van der Waals surface area contributed by atoms with Crippen LogP contribution in [0.2, 0.25) is 0 Å². The lowest BCUT2D eigenvalue weighted by Gasteiger charge is -2.44. The van der Waals surface area contributed by atoms with Crippen LogP contribution in [0.25, 0.3) is 0 Å². The Kier molecular flexibility index (Phi) is 26.6. The van der Waals surface area contributed by atoms with Gasteiger partial charge in [-0.25, -0.2) is 0 Å². The minimum atomic E-state index is -0.407. The molecule has 1 fully saturated rings. The maximum Gasteiger partial charge on any atom is 0.305 e. The lowest BCUT2D eigenvalue weighted by atomic mass is 10.1. The SMILES string of the molecule is CCCCCCCCC(O)CN(CCCC(=O)OCCN1CC(C)N(CCOC(=O)CCC)CC1C)CC(O)CCCCCCCC. The van der Waals surface area contributed by atoms with Crippen LogP contribution in [-0.4, -0.2) is 120 Å². The number of ether oxygens (including phenoxy) is 2. The minimum Gasteiger partial charge on any atom is -0.464 e. The van der Waals surface area contributed by atoms with Gasteiger partial charge in [0.1, 0.15) is 13.2 Å². The van der Waals surface area contributed by atoms with Gasteiger partial charge in [-0.3, -0.25) is 24.3 Å². The third-order valence-corrected chi connectivity index (χ3v) is 9.56. The molecule has 0 aliphatic carbocycles. The van der Waals surface area contributed by atoms with Gasteiger partial charge in [0.25, 0.3) is 0 Å². The minimum absolute atomic E-state index is 0.122. The van der Waals surface area contributed by atoms with Crippen molar-refractivity contribution in [2.24, 2.45) is 0 Å². The number of carbonyl (C=O) groups is 2. The molecule has 1 aliphatic rings. The van der Waals surface area contributed by atoms with Gasteiger partial charge in [0.15, 0.2) is 0 Å². The molecule has 2 N–H and O–H groups in total. The Morgan fingerprint density at radius 2 is 1.06 bits per heavy atom. The Bertz CT molecular complexity index is 748. The first-order valence-electron chi connectivity index (χ1n) is 19.6. The zero-order valence-electron chi connectivity index (χ0n) is 31.3. The maximum absolute atomic E-state index is 12.6. The van der Waals surface area contributed by atoms with Gasteiger partial charge >= 0.3 is 11.9 Å². The van der Waals surface area contributed by atoms with Crippen LogP contribution < -0.4 is 0 Å². The van der Waals surface area contributed by atoms with Crippen LogP contribution >= 0.6 is 0 Å². The molecule has 0 aromatic carbocycles. The van der Waals surface area contributed by atoms with Crippen molar-refractivity contribution in [1.29, 1.82) is 0 Å². The van der Waals surface area contributed by atoms with Crippen LogP contribution in [0.4, 0.5) is 0 Å². The molecule has 0 aromatic heterocycles. The predicted molar refractivity (Wildman–Crippen MR) is 193 cm³/mol. The van der Waals surface area contributed by atoms with Gasteiger partial charge in [-0.1, -0.05) is 97.8 Å². The number of unbranched alkanes of at least 4 members (excludes halogenated alkanes) is 10. The topological polar surface area (TPSA) is 103 Å². The Morgan fingerprint density at radius 3 is 1.51 bits per heavy atom. The van der Waals surface area contributed by atoms with E-state index in [1.54, 1.807) is 0 Å². The zero-order chi connectivity index (χ0) is 34.7. The number of rotatable bonds is 30. The molecule has 0 bridgehead atoms. The third-order valence-electron chi connectivity index (χ3n) is 9.56.